The van der Waals surface area contributed by atoms with E-state index < -0.39 is 0 Å². The van der Waals surface area contributed by atoms with E-state index in [1.807, 2.05) is 13.8 Å². The van der Waals surface area contributed by atoms with Crippen molar-refractivity contribution in [1.82, 2.24) is 15.5 Å². The summed E-state index contributed by atoms with van der Waals surface area (Å²) in [4.78, 5) is 7.22. The van der Waals surface area contributed by atoms with Gasteiger partial charge in [0.05, 0.1) is 25.9 Å². The van der Waals surface area contributed by atoms with E-state index in [9.17, 15) is 0 Å². The molecule has 27 heavy (non-hydrogen) atoms. The van der Waals surface area contributed by atoms with Crippen LogP contribution in [0.25, 0.3) is 0 Å². The summed E-state index contributed by atoms with van der Waals surface area (Å²) in [6, 6.07) is 6.75. The number of nitrogens with zero attached hydrogens (tertiary/aromatic N) is 2. The van der Waals surface area contributed by atoms with E-state index >= 15 is 0 Å². The summed E-state index contributed by atoms with van der Waals surface area (Å²) in [5.41, 5.74) is 2.30. The van der Waals surface area contributed by atoms with Crippen molar-refractivity contribution in [2.24, 2.45) is 4.99 Å². The molecule has 1 fully saturated rings. The lowest BCUT2D eigenvalue weighted by molar-refractivity contribution is 0.0211. The molecule has 1 aromatic carbocycles. The highest BCUT2D eigenvalue weighted by Gasteiger charge is 2.17. The number of guanidine groups is 1. The van der Waals surface area contributed by atoms with Crippen LogP contribution in [0, 0.1) is 6.92 Å². The van der Waals surface area contributed by atoms with Gasteiger partial charge in [-0.15, -0.1) is 0 Å². The van der Waals surface area contributed by atoms with Crippen molar-refractivity contribution >= 4 is 5.96 Å². The second-order valence-corrected chi connectivity index (χ2v) is 7.35. The summed E-state index contributed by atoms with van der Waals surface area (Å²) in [5, 5.41) is 6.81. The summed E-state index contributed by atoms with van der Waals surface area (Å²) in [6.45, 7) is 16.4. The molecule has 1 aliphatic rings. The third-order valence-electron chi connectivity index (χ3n) is 4.57. The standard InChI is InChI=1S/C21H36N4O2/c1-6-22-21(23-14-18(5)25-9-11-26-12-10-25)24-15-19-8-7-17(4)13-20(19)27-16(2)3/h7-8,13,16,18H,6,9-12,14-15H2,1-5H3,(H2,22,23,24). The molecule has 1 saturated heterocycles. The first kappa shape index (κ1) is 21.5. The number of aryl methyl sites for hydroxylation is 1. The number of aliphatic imine (C=N–C) groups is 1. The molecule has 2 N–H and O–H groups in total. The van der Waals surface area contributed by atoms with Crippen LogP contribution in [0.5, 0.6) is 5.75 Å². The molecule has 1 aromatic rings. The molecular formula is C21H36N4O2. The molecule has 0 aliphatic carbocycles. The molecule has 6 heteroatoms. The van der Waals surface area contributed by atoms with Gasteiger partial charge in [-0.3, -0.25) is 4.90 Å². The molecule has 0 spiro atoms. The number of morpholine rings is 1. The maximum atomic E-state index is 5.97. The van der Waals surface area contributed by atoms with Crippen molar-refractivity contribution in [3.63, 3.8) is 0 Å². The molecule has 0 aromatic heterocycles. The number of nitrogens with one attached hydrogen (secondary N) is 2. The minimum Gasteiger partial charge on any atom is -0.491 e. The molecule has 1 atom stereocenters. The maximum absolute atomic E-state index is 5.97. The van der Waals surface area contributed by atoms with Gasteiger partial charge in [-0.05, 0) is 46.2 Å². The minimum atomic E-state index is 0.148. The highest BCUT2D eigenvalue weighted by atomic mass is 16.5. The lowest BCUT2D eigenvalue weighted by atomic mass is 10.1. The predicted molar refractivity (Wildman–Crippen MR) is 112 cm³/mol. The number of hydrogen-bond donors (Lipinski definition) is 2. The lowest BCUT2D eigenvalue weighted by Gasteiger charge is -2.32. The third-order valence-corrected chi connectivity index (χ3v) is 4.57. The summed E-state index contributed by atoms with van der Waals surface area (Å²) < 4.78 is 11.4. The predicted octanol–water partition coefficient (Wildman–Crippen LogP) is 2.56. The number of benzene rings is 1. The number of ether oxygens (including phenoxy) is 2. The fourth-order valence-electron chi connectivity index (χ4n) is 3.05. The Labute approximate surface area is 164 Å². The monoisotopic (exact) mass is 376 g/mol. The fourth-order valence-corrected chi connectivity index (χ4v) is 3.05. The van der Waals surface area contributed by atoms with E-state index in [4.69, 9.17) is 14.5 Å². The highest BCUT2D eigenvalue weighted by molar-refractivity contribution is 5.79. The molecule has 0 amide bonds. The van der Waals surface area contributed by atoms with Gasteiger partial charge >= 0.3 is 0 Å². The SMILES string of the molecule is CCNC(=NCc1ccc(C)cc1OC(C)C)NCC(C)N1CCOCC1. The van der Waals surface area contributed by atoms with E-state index in [1.165, 1.54) is 5.56 Å². The largest absolute Gasteiger partial charge is 0.491 e. The van der Waals surface area contributed by atoms with E-state index in [-0.39, 0.29) is 6.10 Å². The first-order valence-corrected chi connectivity index (χ1v) is 10.1. The van der Waals surface area contributed by atoms with E-state index in [0.717, 1.165) is 56.7 Å². The molecule has 0 saturated carbocycles. The third kappa shape index (κ3) is 7.39. The van der Waals surface area contributed by atoms with Crippen molar-refractivity contribution in [3.8, 4) is 5.75 Å². The van der Waals surface area contributed by atoms with E-state index in [1.54, 1.807) is 0 Å². The van der Waals surface area contributed by atoms with Gasteiger partial charge in [0.15, 0.2) is 5.96 Å². The Hall–Kier alpha value is -1.79. The van der Waals surface area contributed by atoms with Crippen molar-refractivity contribution in [2.75, 3.05) is 39.4 Å². The zero-order valence-electron chi connectivity index (χ0n) is 17.5. The van der Waals surface area contributed by atoms with Crippen LogP contribution in [0.15, 0.2) is 23.2 Å². The normalized spacial score (nSPS) is 17.0. The summed E-state index contributed by atoms with van der Waals surface area (Å²) in [6.07, 6.45) is 0.148. The summed E-state index contributed by atoms with van der Waals surface area (Å²) in [5.74, 6) is 1.76. The Kier molecular flexibility index (Phi) is 8.88. The Morgan fingerprint density at radius 3 is 2.63 bits per heavy atom. The van der Waals surface area contributed by atoms with Crippen LogP contribution in [0.1, 0.15) is 38.8 Å². The van der Waals surface area contributed by atoms with Gasteiger partial charge < -0.3 is 20.1 Å². The van der Waals surface area contributed by atoms with E-state index in [2.05, 4.69) is 54.5 Å². The van der Waals surface area contributed by atoms with Crippen LogP contribution >= 0.6 is 0 Å². The molecule has 1 aliphatic heterocycles. The zero-order valence-corrected chi connectivity index (χ0v) is 17.5. The zero-order chi connectivity index (χ0) is 19.6. The first-order chi connectivity index (χ1) is 13.0. The molecule has 152 valence electrons. The van der Waals surface area contributed by atoms with Gasteiger partial charge in [0.2, 0.25) is 0 Å². The number of rotatable bonds is 8. The Morgan fingerprint density at radius 1 is 1.22 bits per heavy atom. The quantitative estimate of drug-likeness (QED) is 0.539. The van der Waals surface area contributed by atoms with Crippen LogP contribution in [0.2, 0.25) is 0 Å². The number of hydrogen-bond acceptors (Lipinski definition) is 4. The van der Waals surface area contributed by atoms with Crippen LogP contribution in [0.4, 0.5) is 0 Å². The van der Waals surface area contributed by atoms with Crippen molar-refractivity contribution in [1.29, 1.82) is 0 Å². The smallest absolute Gasteiger partial charge is 0.191 e. The average Bonchev–Trinajstić information content (AvgIpc) is 2.65. The summed E-state index contributed by atoms with van der Waals surface area (Å²) >= 11 is 0. The fraction of sp³-hybridized carbons (Fsp3) is 0.667. The average molecular weight is 377 g/mol. The van der Waals surface area contributed by atoms with Gasteiger partial charge in [0.1, 0.15) is 5.75 Å². The molecule has 1 unspecified atom stereocenters. The van der Waals surface area contributed by atoms with Gasteiger partial charge in [-0.1, -0.05) is 12.1 Å². The Balaban J connectivity index is 1.98. The van der Waals surface area contributed by atoms with Crippen molar-refractivity contribution in [2.45, 2.75) is 53.3 Å². The second kappa shape index (κ2) is 11.1. The minimum absolute atomic E-state index is 0.148. The first-order valence-electron chi connectivity index (χ1n) is 10.1. The molecule has 0 radical (unpaired) electrons. The van der Waals surface area contributed by atoms with Crippen LogP contribution < -0.4 is 15.4 Å². The Morgan fingerprint density at radius 2 is 1.96 bits per heavy atom. The molecule has 2 rings (SSSR count). The Bertz CT molecular complexity index is 598. The van der Waals surface area contributed by atoms with Crippen LogP contribution in [-0.4, -0.2) is 62.4 Å². The highest BCUT2D eigenvalue weighted by Crippen LogP contribution is 2.22. The van der Waals surface area contributed by atoms with Gasteiger partial charge in [0, 0.05) is 37.8 Å². The molecule has 0 bridgehead atoms. The molecule has 6 nitrogen and oxygen atoms in total. The van der Waals surface area contributed by atoms with E-state index in [0.29, 0.717) is 12.6 Å². The molecule has 1 heterocycles. The van der Waals surface area contributed by atoms with Crippen LogP contribution in [-0.2, 0) is 11.3 Å². The maximum Gasteiger partial charge on any atom is 0.191 e. The lowest BCUT2D eigenvalue weighted by Crippen LogP contribution is -2.49. The van der Waals surface area contributed by atoms with Crippen molar-refractivity contribution in [3.05, 3.63) is 29.3 Å². The van der Waals surface area contributed by atoms with Crippen molar-refractivity contribution < 1.29 is 9.47 Å². The van der Waals surface area contributed by atoms with Gasteiger partial charge in [-0.25, -0.2) is 4.99 Å². The molecular weight excluding hydrogens is 340 g/mol. The second-order valence-electron chi connectivity index (χ2n) is 7.35. The topological polar surface area (TPSA) is 58.1 Å². The van der Waals surface area contributed by atoms with Gasteiger partial charge in [0.25, 0.3) is 0 Å². The summed E-state index contributed by atoms with van der Waals surface area (Å²) in [7, 11) is 0. The van der Waals surface area contributed by atoms with Gasteiger partial charge in [-0.2, -0.15) is 0 Å². The van der Waals surface area contributed by atoms with Crippen LogP contribution in [0.3, 0.4) is 0 Å².